The first kappa shape index (κ1) is 15.2. The molecule has 1 saturated heterocycles. The van der Waals surface area contributed by atoms with E-state index in [0.717, 1.165) is 25.9 Å². The van der Waals surface area contributed by atoms with Crippen molar-refractivity contribution in [1.82, 2.24) is 0 Å². The first-order chi connectivity index (χ1) is 9.78. The fourth-order valence-corrected chi connectivity index (χ4v) is 2.13. The van der Waals surface area contributed by atoms with Crippen molar-refractivity contribution < 1.29 is 18.6 Å². The fourth-order valence-electron chi connectivity index (χ4n) is 2.13. The van der Waals surface area contributed by atoms with Gasteiger partial charge in [0.25, 0.3) is 0 Å². The minimum absolute atomic E-state index is 0.104. The van der Waals surface area contributed by atoms with Crippen molar-refractivity contribution in [2.45, 2.75) is 38.1 Å². The highest BCUT2D eigenvalue weighted by atomic mass is 19.1. The van der Waals surface area contributed by atoms with E-state index in [9.17, 15) is 4.39 Å². The maximum Gasteiger partial charge on any atom is 0.158 e. The van der Waals surface area contributed by atoms with Crippen LogP contribution in [0.1, 0.15) is 25.7 Å². The summed E-state index contributed by atoms with van der Waals surface area (Å²) in [6.07, 6.45) is 3.58. The van der Waals surface area contributed by atoms with E-state index in [1.54, 1.807) is 12.1 Å². The molecule has 4 nitrogen and oxygen atoms in total. The predicted octanol–water partition coefficient (Wildman–Crippen LogP) is 2.47. The lowest BCUT2D eigenvalue weighted by Gasteiger charge is -2.27. The highest BCUT2D eigenvalue weighted by Crippen LogP contribution is 2.18. The second-order valence-corrected chi connectivity index (χ2v) is 4.90. The fraction of sp³-hybridized carbons (Fsp3) is 0.600. The molecule has 2 N–H and O–H groups in total. The van der Waals surface area contributed by atoms with Crippen LogP contribution in [-0.4, -0.2) is 32.2 Å². The van der Waals surface area contributed by atoms with Crippen LogP contribution in [0, 0.1) is 5.82 Å². The Kier molecular flexibility index (Phi) is 6.24. The summed E-state index contributed by atoms with van der Waals surface area (Å²) in [6, 6.07) is 5.95. The summed E-state index contributed by atoms with van der Waals surface area (Å²) in [5.74, 6) is 0.351. The third-order valence-electron chi connectivity index (χ3n) is 3.22. The Bertz CT molecular complexity index is 379. The van der Waals surface area contributed by atoms with Gasteiger partial charge in [0.2, 0.25) is 0 Å². The van der Waals surface area contributed by atoms with Crippen molar-refractivity contribution in [2.75, 3.05) is 19.8 Å². The van der Waals surface area contributed by atoms with Gasteiger partial charge in [0.05, 0.1) is 6.10 Å². The van der Waals surface area contributed by atoms with Gasteiger partial charge in [0.15, 0.2) is 6.29 Å². The van der Waals surface area contributed by atoms with Crippen molar-refractivity contribution in [1.29, 1.82) is 0 Å². The van der Waals surface area contributed by atoms with Crippen LogP contribution >= 0.6 is 0 Å². The van der Waals surface area contributed by atoms with Crippen LogP contribution < -0.4 is 10.5 Å². The Hall–Kier alpha value is -1.17. The molecule has 1 fully saturated rings. The maximum absolute atomic E-state index is 12.8. The number of hydrogen-bond donors (Lipinski definition) is 1. The molecule has 2 unspecified atom stereocenters. The molecule has 2 atom stereocenters. The Morgan fingerprint density at radius 1 is 1.30 bits per heavy atom. The molecule has 1 heterocycles. The largest absolute Gasteiger partial charge is 0.491 e. The molecular formula is C15H22FNO3. The molecule has 0 radical (unpaired) electrons. The zero-order valence-electron chi connectivity index (χ0n) is 11.6. The molecule has 0 aromatic heterocycles. The predicted molar refractivity (Wildman–Crippen MR) is 74.0 cm³/mol. The van der Waals surface area contributed by atoms with Crippen LogP contribution in [-0.2, 0) is 9.47 Å². The molecule has 112 valence electrons. The molecule has 0 spiro atoms. The van der Waals surface area contributed by atoms with Crippen LogP contribution in [0.2, 0.25) is 0 Å². The Morgan fingerprint density at radius 3 is 2.75 bits per heavy atom. The molecule has 1 aromatic rings. The Balaban J connectivity index is 1.80. The Morgan fingerprint density at radius 2 is 2.10 bits per heavy atom. The summed E-state index contributed by atoms with van der Waals surface area (Å²) in [5, 5.41) is 0. The number of rotatable bonds is 7. The minimum atomic E-state index is -0.275. The van der Waals surface area contributed by atoms with Crippen LogP contribution in [0.15, 0.2) is 24.3 Å². The molecule has 1 aliphatic heterocycles. The monoisotopic (exact) mass is 283 g/mol. The molecule has 0 amide bonds. The van der Waals surface area contributed by atoms with Crippen molar-refractivity contribution in [3.8, 4) is 5.75 Å². The van der Waals surface area contributed by atoms with Crippen LogP contribution in [0.4, 0.5) is 4.39 Å². The van der Waals surface area contributed by atoms with Gasteiger partial charge in [-0.05, 0) is 56.5 Å². The highest BCUT2D eigenvalue weighted by molar-refractivity contribution is 5.22. The van der Waals surface area contributed by atoms with Gasteiger partial charge < -0.3 is 19.9 Å². The molecule has 5 heteroatoms. The van der Waals surface area contributed by atoms with E-state index in [-0.39, 0.29) is 18.2 Å². The zero-order chi connectivity index (χ0) is 14.2. The van der Waals surface area contributed by atoms with Gasteiger partial charge in [-0.3, -0.25) is 0 Å². The average molecular weight is 283 g/mol. The van der Waals surface area contributed by atoms with Gasteiger partial charge in [0, 0.05) is 6.61 Å². The number of halogens is 1. The van der Waals surface area contributed by atoms with Crippen LogP contribution in [0.25, 0.3) is 0 Å². The molecule has 1 aliphatic rings. The molecule has 0 bridgehead atoms. The molecular weight excluding hydrogens is 261 g/mol. The van der Waals surface area contributed by atoms with E-state index in [1.165, 1.54) is 12.1 Å². The molecule has 2 rings (SSSR count). The van der Waals surface area contributed by atoms with E-state index >= 15 is 0 Å². The summed E-state index contributed by atoms with van der Waals surface area (Å²) >= 11 is 0. The summed E-state index contributed by atoms with van der Waals surface area (Å²) in [6.45, 7) is 1.67. The molecule has 0 saturated carbocycles. The van der Waals surface area contributed by atoms with Crippen molar-refractivity contribution in [3.63, 3.8) is 0 Å². The van der Waals surface area contributed by atoms with Gasteiger partial charge in [-0.15, -0.1) is 0 Å². The van der Waals surface area contributed by atoms with Crippen LogP contribution in [0.5, 0.6) is 5.75 Å². The smallest absolute Gasteiger partial charge is 0.158 e. The minimum Gasteiger partial charge on any atom is -0.491 e. The average Bonchev–Trinajstić information content (AvgIpc) is 2.48. The van der Waals surface area contributed by atoms with Gasteiger partial charge in [-0.2, -0.15) is 0 Å². The number of hydrogen-bond acceptors (Lipinski definition) is 4. The van der Waals surface area contributed by atoms with E-state index in [2.05, 4.69) is 0 Å². The lowest BCUT2D eigenvalue weighted by Crippen LogP contribution is -2.33. The number of ether oxygens (including phenoxy) is 3. The summed E-state index contributed by atoms with van der Waals surface area (Å²) in [4.78, 5) is 0. The Labute approximate surface area is 119 Å². The molecule has 0 aliphatic carbocycles. The summed E-state index contributed by atoms with van der Waals surface area (Å²) in [7, 11) is 0. The van der Waals surface area contributed by atoms with E-state index in [4.69, 9.17) is 19.9 Å². The van der Waals surface area contributed by atoms with Crippen molar-refractivity contribution in [3.05, 3.63) is 30.1 Å². The number of benzene rings is 1. The van der Waals surface area contributed by atoms with E-state index in [1.807, 2.05) is 0 Å². The van der Waals surface area contributed by atoms with Crippen molar-refractivity contribution in [2.24, 2.45) is 5.73 Å². The van der Waals surface area contributed by atoms with E-state index in [0.29, 0.717) is 25.3 Å². The van der Waals surface area contributed by atoms with Gasteiger partial charge >= 0.3 is 0 Å². The second-order valence-electron chi connectivity index (χ2n) is 4.90. The standard InChI is InChI=1S/C15H22FNO3/c16-12-4-6-13(7-5-12)19-11-14(8-9-17)20-15-3-1-2-10-18-15/h4-7,14-15H,1-3,8-11,17H2. The second kappa shape index (κ2) is 8.19. The maximum atomic E-state index is 12.8. The summed E-state index contributed by atoms with van der Waals surface area (Å²) in [5.41, 5.74) is 5.60. The van der Waals surface area contributed by atoms with E-state index < -0.39 is 0 Å². The molecule has 20 heavy (non-hydrogen) atoms. The van der Waals surface area contributed by atoms with Crippen LogP contribution in [0.3, 0.4) is 0 Å². The highest BCUT2D eigenvalue weighted by Gasteiger charge is 2.20. The van der Waals surface area contributed by atoms with Gasteiger partial charge in [-0.25, -0.2) is 4.39 Å². The van der Waals surface area contributed by atoms with Gasteiger partial charge in [-0.1, -0.05) is 0 Å². The quantitative estimate of drug-likeness (QED) is 0.835. The lowest BCUT2D eigenvalue weighted by molar-refractivity contribution is -0.193. The van der Waals surface area contributed by atoms with Gasteiger partial charge in [0.1, 0.15) is 18.2 Å². The van der Waals surface area contributed by atoms with Crippen molar-refractivity contribution >= 4 is 0 Å². The lowest BCUT2D eigenvalue weighted by atomic mass is 10.2. The molecule has 1 aromatic carbocycles. The first-order valence-electron chi connectivity index (χ1n) is 7.13. The topological polar surface area (TPSA) is 53.7 Å². The normalized spacial score (nSPS) is 20.6. The summed E-state index contributed by atoms with van der Waals surface area (Å²) < 4.78 is 29.8. The third kappa shape index (κ3) is 5.07. The first-order valence-corrected chi connectivity index (χ1v) is 7.13. The third-order valence-corrected chi connectivity index (χ3v) is 3.22. The SMILES string of the molecule is NCCC(COc1ccc(F)cc1)OC1CCCCO1. The zero-order valence-corrected chi connectivity index (χ0v) is 11.6. The number of nitrogens with two attached hydrogens (primary N) is 1.